The molecule has 141 heavy (non-hydrogen) atoms. The number of anilines is 1. The number of ketones is 3. The van der Waals surface area contributed by atoms with E-state index in [1.807, 2.05) is 36.4 Å². The number of amides is 5. The smallest absolute Gasteiger partial charge is 0.411 e. The molecule has 8 aliphatic rings. The van der Waals surface area contributed by atoms with Gasteiger partial charge in [0.05, 0.1) is 107 Å². The van der Waals surface area contributed by atoms with Gasteiger partial charge in [0.2, 0.25) is 5.91 Å². The summed E-state index contributed by atoms with van der Waals surface area (Å²) in [7, 11) is 0. The van der Waals surface area contributed by atoms with Crippen LogP contribution in [0.15, 0.2) is 158 Å². The van der Waals surface area contributed by atoms with Gasteiger partial charge in [-0.2, -0.15) is 0 Å². The lowest BCUT2D eigenvalue weighted by Gasteiger charge is -2.30. The van der Waals surface area contributed by atoms with Gasteiger partial charge in [-0.1, -0.05) is 83.5 Å². The number of Topliss-reactive ketones (excluding diaryl/α,β-unsaturated/α-hetero) is 3. The maximum absolute atomic E-state index is 13.6. The molecule has 43 heteroatoms. The number of carboxylic acid groups (broad SMARTS) is 2. The van der Waals surface area contributed by atoms with Crippen molar-refractivity contribution in [1.29, 1.82) is 0 Å². The van der Waals surface area contributed by atoms with Crippen molar-refractivity contribution in [3.63, 3.8) is 0 Å². The number of aliphatic carboxylic acids is 2. The summed E-state index contributed by atoms with van der Waals surface area (Å²) in [6.07, 6.45) is 14.2. The van der Waals surface area contributed by atoms with Crippen LogP contribution in [0.1, 0.15) is 207 Å². The Kier molecular flexibility index (Phi) is 45.0. The second-order valence-corrected chi connectivity index (χ2v) is 42.4. The van der Waals surface area contributed by atoms with E-state index in [0.717, 1.165) is 33.3 Å². The summed E-state index contributed by atoms with van der Waals surface area (Å²) in [5, 5.41) is 31.2. The molecule has 0 aromatic carbocycles. The van der Waals surface area contributed by atoms with E-state index >= 15 is 0 Å². The van der Waals surface area contributed by atoms with Crippen molar-refractivity contribution in [3.8, 4) is 0 Å². The van der Waals surface area contributed by atoms with Gasteiger partial charge in [0.1, 0.15) is 52.7 Å². The van der Waals surface area contributed by atoms with E-state index in [-0.39, 0.29) is 122 Å². The molecular weight excluding hydrogens is 2080 g/mol. The molecule has 8 unspecified atom stereocenters. The first-order chi connectivity index (χ1) is 65.9. The summed E-state index contributed by atoms with van der Waals surface area (Å²) in [5.74, 6) is -1.74. The number of carbonyl (C=O) groups is 10. The van der Waals surface area contributed by atoms with Crippen molar-refractivity contribution in [3.05, 3.63) is 214 Å². The Balaban J connectivity index is 0.000000272. The van der Waals surface area contributed by atoms with Gasteiger partial charge >= 0.3 is 36.3 Å². The third kappa shape index (κ3) is 35.5. The molecule has 4 aliphatic heterocycles. The number of hydrogen-bond donors (Lipinski definition) is 4. The molecular formula is C98H133Br4N19O20. The van der Waals surface area contributed by atoms with Gasteiger partial charge in [0.25, 0.3) is 0 Å². The van der Waals surface area contributed by atoms with Crippen molar-refractivity contribution in [2.45, 2.75) is 284 Å². The van der Waals surface area contributed by atoms with Gasteiger partial charge in [-0.15, -0.1) is 39.5 Å². The normalized spacial score (nSPS) is 22.3. The first kappa shape index (κ1) is 119. The number of hydrogen-bond acceptors (Lipinski definition) is 26. The maximum atomic E-state index is 13.6. The van der Waals surface area contributed by atoms with Crippen LogP contribution < -0.4 is 11.1 Å². The van der Waals surface area contributed by atoms with Crippen LogP contribution in [0.25, 0.3) is 31.3 Å². The minimum atomic E-state index is -1.05. The predicted molar refractivity (Wildman–Crippen MR) is 543 cm³/mol. The average molecular weight is 2220 g/mol. The maximum Gasteiger partial charge on any atom is 0.411 e. The van der Waals surface area contributed by atoms with E-state index in [1.165, 1.54) is 4.90 Å². The molecule has 768 valence electrons. The monoisotopic (exact) mass is 2210 g/mol. The highest BCUT2D eigenvalue weighted by atomic mass is 79.9. The molecule has 8 fully saturated rings. The van der Waals surface area contributed by atoms with Crippen molar-refractivity contribution in [2.75, 3.05) is 58.3 Å². The van der Waals surface area contributed by atoms with Crippen molar-refractivity contribution >= 4 is 129 Å². The van der Waals surface area contributed by atoms with Crippen LogP contribution in [0.4, 0.5) is 25.0 Å². The van der Waals surface area contributed by atoms with Crippen LogP contribution in [0, 0.1) is 21.7 Å². The van der Waals surface area contributed by atoms with E-state index in [4.69, 9.17) is 65.3 Å². The van der Waals surface area contributed by atoms with Crippen LogP contribution >= 0.6 is 63.7 Å². The zero-order valence-corrected chi connectivity index (χ0v) is 87.8. The van der Waals surface area contributed by atoms with E-state index < -0.39 is 82.9 Å². The van der Waals surface area contributed by atoms with Crippen LogP contribution in [0.2, 0.25) is 0 Å². The van der Waals surface area contributed by atoms with Gasteiger partial charge in [-0.25, -0.2) is 43.9 Å². The number of carbonyl (C=O) groups excluding carboxylic acids is 8. The fourth-order valence-electron chi connectivity index (χ4n) is 17.0. The molecule has 4 aromatic rings. The Hall–Kier alpha value is -11.0. The molecule has 12 atom stereocenters. The number of fused-ring (bicyclic) bond motifs is 4. The molecule has 4 aromatic heterocycles. The third-order valence-electron chi connectivity index (χ3n) is 23.7. The zero-order chi connectivity index (χ0) is 104. The highest BCUT2D eigenvalue weighted by molar-refractivity contribution is 9.11. The first-order valence-corrected chi connectivity index (χ1v) is 48.8. The molecule has 8 heterocycles. The standard InChI is InChI=1S/C27H36BrN3O5.2C22H28BrN5O4.C12H18N4O4.C9H11BrN2O.C5H8O2.CH4/c1-6-8-9-24(33)29-17-27-14-20(31(22(27)15-27)25(34)36-26(3,4)5)21(32)13-19-18(16-35-12-7-2)10-11-23(28)30-19;2*1-5-8-31-12-14-6-7-19(23)26-15(14)9-17(29)16-10-22(13-25-27-24)11-18(22)28(16)20(30)32-21(2,3)4;1-11(2,3)20-10(19)16-7(9(17)18)4-12(5-8(12)16)6-14-15-13;1-2-5-13-6-7-3-4-8(10)12-9(7)11;1-2-3-4-5(6)7;/h6-7,10-11,20,22H,1-2,8-9,12-17H2,3-5H3,(H,29,33);2*5-7,16,18H,1,8-13H2,2-4H3;7-8H,4-6H2,1-3H3,(H,17,18);2-4H,1,5-6H2,(H2,11,12);2H,1,3-4H2,(H,6,7);1H4/t20-,22?,27?;2*16-,18?,22?;7-,8?,12?;;;/m0000.../s1. The van der Waals surface area contributed by atoms with Crippen LogP contribution in [0.3, 0.4) is 0 Å². The fourth-order valence-corrected chi connectivity index (χ4v) is 18.3. The summed E-state index contributed by atoms with van der Waals surface area (Å²) < 4.78 is 46.6. The molecule has 5 amide bonds. The Morgan fingerprint density at radius 1 is 0.426 bits per heavy atom. The highest BCUT2D eigenvalue weighted by Crippen LogP contribution is 2.63. The van der Waals surface area contributed by atoms with Crippen LogP contribution in [-0.4, -0.2) is 233 Å². The molecule has 4 saturated carbocycles. The van der Waals surface area contributed by atoms with Gasteiger partial charge in [0, 0.05) is 105 Å². The van der Waals surface area contributed by atoms with E-state index in [2.05, 4.69) is 159 Å². The van der Waals surface area contributed by atoms with Crippen molar-refractivity contribution < 1.29 is 96.1 Å². The number of allylic oxidation sites excluding steroid dienone is 2. The topological polar surface area (TPSA) is 534 Å². The number of likely N-dealkylation sites (tertiary alicyclic amines) is 4. The number of nitrogens with two attached hydrogens (primary N) is 1. The minimum Gasteiger partial charge on any atom is -0.481 e. The number of nitrogen functional groups attached to an aromatic ring is 1. The van der Waals surface area contributed by atoms with Crippen LogP contribution in [0.5, 0.6) is 0 Å². The number of piperidine rings is 4. The number of aromatic nitrogens is 4. The second kappa shape index (κ2) is 53.4. The largest absolute Gasteiger partial charge is 0.481 e. The Labute approximate surface area is 857 Å². The number of rotatable bonds is 40. The molecule has 4 aliphatic carbocycles. The number of azide groups is 3. The molecule has 0 bridgehead atoms. The first-order valence-electron chi connectivity index (χ1n) is 45.6. The number of halogens is 4. The minimum absolute atomic E-state index is 0. The van der Waals surface area contributed by atoms with Crippen molar-refractivity contribution in [1.82, 2.24) is 44.9 Å². The predicted octanol–water partition coefficient (Wildman–Crippen LogP) is 19.9. The Bertz CT molecular complexity index is 5180. The summed E-state index contributed by atoms with van der Waals surface area (Å²) in [6.45, 7) is 47.1. The van der Waals surface area contributed by atoms with Gasteiger partial charge in [-0.05, 0) is 269 Å². The Morgan fingerprint density at radius 2 is 0.695 bits per heavy atom. The van der Waals surface area contributed by atoms with E-state index in [9.17, 15) is 53.1 Å². The lowest BCUT2D eigenvalue weighted by atomic mass is 9.94. The van der Waals surface area contributed by atoms with Gasteiger partial charge < -0.3 is 59.2 Å². The second-order valence-electron chi connectivity index (χ2n) is 39.1. The molecule has 4 saturated heterocycles. The zero-order valence-electron chi connectivity index (χ0n) is 81.5. The summed E-state index contributed by atoms with van der Waals surface area (Å²) in [6, 6.07) is 11.2. The fraction of sp³-hybridized carbons (Fsp3) is 0.571. The van der Waals surface area contributed by atoms with Gasteiger partial charge in [0.15, 0.2) is 17.3 Å². The van der Waals surface area contributed by atoms with Crippen LogP contribution in [-0.2, 0) is 112 Å². The van der Waals surface area contributed by atoms with Crippen molar-refractivity contribution in [2.24, 2.45) is 37.0 Å². The quantitative estimate of drug-likeness (QED) is 0.00611. The number of nitrogens with zero attached hydrogens (tertiary/aromatic N) is 17. The number of ether oxygens (including phenoxy) is 8. The lowest BCUT2D eigenvalue weighted by molar-refractivity contribution is -0.143. The Morgan fingerprint density at radius 3 is 0.972 bits per heavy atom. The number of pyridine rings is 4. The molecule has 0 spiro atoms. The third-order valence-corrected chi connectivity index (χ3v) is 25.5. The summed E-state index contributed by atoms with van der Waals surface area (Å²) >= 11 is 13.3. The lowest BCUT2D eigenvalue weighted by Crippen LogP contribution is -2.46. The molecule has 0 radical (unpaired) electrons. The molecule has 12 rings (SSSR count). The van der Waals surface area contributed by atoms with E-state index in [1.54, 1.807) is 146 Å². The SMILES string of the molecule is C.C=CCCC(=O)NCC12CC1N(C(=O)OC(C)(C)C)[C@H](C(=O)Cc1nc(Br)ccc1COCC=C)C2.C=CCCC(=O)O.C=CCOCc1ccc(Br)nc1CC(=O)[C@@H]1CC2(CN=[N+]=[N-])CC2N1C(=O)OC(C)(C)C.C=CCOCc1ccc(Br)nc1CC(=O)[C@@H]1CC2(CN=[N+]=[N-])CC2N1C(=O)OC(C)(C)C.C=CCOCc1ccc(Br)nc1N.CC(C)(C)OC(=O)N1C2CC2(CN=[N+]=[N-])C[C@H]1C(=O)O. The number of nitrogens with one attached hydrogen (secondary N) is 1. The molecule has 39 nitrogen and oxygen atoms in total. The summed E-state index contributed by atoms with van der Waals surface area (Å²) in [4.78, 5) is 157. The summed E-state index contributed by atoms with van der Waals surface area (Å²) in [5.41, 5.74) is 32.5. The van der Waals surface area contributed by atoms with E-state index in [0.29, 0.717) is 160 Å². The average Bonchev–Trinajstić information content (AvgIpc) is 1.56. The number of carboxylic acids is 2. The van der Waals surface area contributed by atoms with Gasteiger partial charge in [-0.3, -0.25) is 43.6 Å². The molecule has 5 N–H and O–H groups in total. The highest BCUT2D eigenvalue weighted by Gasteiger charge is 2.71.